The Balaban J connectivity index is 0.000000256. The number of anilines is 2. The van der Waals surface area contributed by atoms with Crippen LogP contribution >= 0.6 is 0 Å². The molecule has 0 unspecified atom stereocenters. The molecule has 27 nitrogen and oxygen atoms in total. The SMILES string of the molecule is CC(C)C(=O)Nc1nc2c(nc(-c3ccccc3)n2[C@H]2C[C@@H](O)[C@@H](CO)O2)c(=O)[nH]1.CC(C)C(=O)Nc1nc2c(nc(-c3ccccc3)n2[C@H]2C[C@@H](OC(=O)CCC(=O)OCc3ccccc3)[C@@H](COC(=O)NCC(=O)OCc3ccccc3)O2)c(=O)[nH]1. The highest BCUT2D eigenvalue weighted by Crippen LogP contribution is 2.38. The van der Waals surface area contributed by atoms with Crippen molar-refractivity contribution in [3.05, 3.63) is 153 Å². The lowest BCUT2D eigenvalue weighted by Crippen LogP contribution is -2.36. The highest BCUT2D eigenvalue weighted by molar-refractivity contribution is 5.92. The van der Waals surface area contributed by atoms with E-state index in [9.17, 15) is 48.6 Å². The smallest absolute Gasteiger partial charge is 0.407 e. The summed E-state index contributed by atoms with van der Waals surface area (Å²) >= 11 is 0. The van der Waals surface area contributed by atoms with Crippen molar-refractivity contribution in [2.45, 2.75) is 103 Å². The minimum Gasteiger partial charge on any atom is -0.461 e. The van der Waals surface area contributed by atoms with Gasteiger partial charge in [-0.15, -0.1) is 0 Å². The molecule has 6 atom stereocenters. The molecule has 10 rings (SSSR count). The Labute approximate surface area is 501 Å². The number of ether oxygens (including phenoxy) is 6. The average Bonchev–Trinajstić information content (AvgIpc) is 2.43. The number of H-pyrrole nitrogens is 2. The van der Waals surface area contributed by atoms with E-state index in [4.69, 9.17) is 28.4 Å². The normalized spacial score (nSPS) is 17.9. The second-order valence-electron chi connectivity index (χ2n) is 21.1. The zero-order chi connectivity index (χ0) is 62.4. The third-order valence-electron chi connectivity index (χ3n) is 13.9. The summed E-state index contributed by atoms with van der Waals surface area (Å²) < 4.78 is 37.1. The fourth-order valence-electron chi connectivity index (χ4n) is 9.29. The molecule has 2 aliphatic heterocycles. The number of aromatic nitrogens is 8. The van der Waals surface area contributed by atoms with Gasteiger partial charge in [0.1, 0.15) is 68.8 Å². The zero-order valence-corrected chi connectivity index (χ0v) is 48.3. The van der Waals surface area contributed by atoms with E-state index in [0.29, 0.717) is 11.4 Å². The second-order valence-corrected chi connectivity index (χ2v) is 21.1. The lowest BCUT2D eigenvalue weighted by molar-refractivity contribution is -0.157. The fraction of sp³-hybridized carbons (Fsp3) is 0.344. The number of hydrogen-bond acceptors (Lipinski definition) is 20. The molecule has 2 aliphatic rings. The molecule has 88 heavy (non-hydrogen) atoms. The van der Waals surface area contributed by atoms with Crippen molar-refractivity contribution in [3.63, 3.8) is 0 Å². The molecule has 7 N–H and O–H groups in total. The van der Waals surface area contributed by atoms with Crippen LogP contribution in [0.4, 0.5) is 16.7 Å². The number of hydrogen-bond donors (Lipinski definition) is 7. The molecule has 4 aromatic carbocycles. The monoisotopic (exact) mass is 1210 g/mol. The van der Waals surface area contributed by atoms with Gasteiger partial charge in [0.2, 0.25) is 23.7 Å². The fourth-order valence-corrected chi connectivity index (χ4v) is 9.29. The maximum Gasteiger partial charge on any atom is 0.407 e. The molecule has 0 spiro atoms. The van der Waals surface area contributed by atoms with Crippen LogP contribution in [0.1, 0.15) is 77.0 Å². The van der Waals surface area contributed by atoms with Crippen molar-refractivity contribution in [2.75, 3.05) is 30.4 Å². The second kappa shape index (κ2) is 29.0. The van der Waals surface area contributed by atoms with Crippen LogP contribution in [0.5, 0.6) is 0 Å². The van der Waals surface area contributed by atoms with E-state index in [0.717, 1.165) is 16.7 Å². The van der Waals surface area contributed by atoms with Crippen LogP contribution in [0.15, 0.2) is 131 Å². The van der Waals surface area contributed by atoms with Crippen LogP contribution in [0.2, 0.25) is 0 Å². The summed E-state index contributed by atoms with van der Waals surface area (Å²) in [5.41, 5.74) is 2.06. The van der Waals surface area contributed by atoms with Gasteiger partial charge in [-0.25, -0.2) is 14.8 Å². The summed E-state index contributed by atoms with van der Waals surface area (Å²) in [6.07, 6.45) is -6.79. The van der Waals surface area contributed by atoms with Crippen molar-refractivity contribution >= 4 is 70.0 Å². The number of aliphatic hydroxyl groups excluding tert-OH is 2. The largest absolute Gasteiger partial charge is 0.461 e. The number of carbonyl (C=O) groups is 6. The zero-order valence-electron chi connectivity index (χ0n) is 48.3. The van der Waals surface area contributed by atoms with Gasteiger partial charge in [0.25, 0.3) is 11.1 Å². The van der Waals surface area contributed by atoms with Gasteiger partial charge in [-0.1, -0.05) is 149 Å². The number of rotatable bonds is 21. The van der Waals surface area contributed by atoms with Gasteiger partial charge in [-0.3, -0.25) is 63.3 Å². The van der Waals surface area contributed by atoms with Gasteiger partial charge >= 0.3 is 24.0 Å². The van der Waals surface area contributed by atoms with Crippen LogP contribution in [-0.4, -0.2) is 129 Å². The van der Waals surface area contributed by atoms with Gasteiger partial charge in [-0.2, -0.15) is 9.97 Å². The van der Waals surface area contributed by atoms with Crippen LogP contribution in [0.3, 0.4) is 0 Å². The number of fused-ring (bicyclic) bond motifs is 2. The molecule has 6 heterocycles. The lowest BCUT2D eigenvalue weighted by Gasteiger charge is -2.19. The number of imidazole rings is 2. The maximum absolute atomic E-state index is 13.3. The van der Waals surface area contributed by atoms with Crippen molar-refractivity contribution in [2.24, 2.45) is 11.8 Å². The van der Waals surface area contributed by atoms with Crippen LogP contribution in [0.25, 0.3) is 45.1 Å². The Morgan fingerprint density at radius 2 is 1.03 bits per heavy atom. The Kier molecular flexibility index (Phi) is 20.6. The molecule has 0 aliphatic carbocycles. The molecule has 27 heteroatoms. The van der Waals surface area contributed by atoms with Gasteiger partial charge in [0.05, 0.1) is 25.6 Å². The van der Waals surface area contributed by atoms with Crippen molar-refractivity contribution in [1.29, 1.82) is 0 Å². The quantitative estimate of drug-likeness (QED) is 0.0340. The Morgan fingerprint density at radius 1 is 0.591 bits per heavy atom. The van der Waals surface area contributed by atoms with E-state index in [-0.39, 0.29) is 103 Å². The molecule has 2 saturated heterocycles. The van der Waals surface area contributed by atoms with E-state index in [1.54, 1.807) is 97.5 Å². The van der Waals surface area contributed by atoms with E-state index in [1.165, 1.54) is 0 Å². The number of nitrogens with zero attached hydrogens (tertiary/aromatic N) is 6. The molecule has 2 fully saturated rings. The summed E-state index contributed by atoms with van der Waals surface area (Å²) in [6.45, 7) is 5.64. The molecule has 8 aromatic rings. The van der Waals surface area contributed by atoms with Gasteiger partial charge in [-0.05, 0) is 11.1 Å². The van der Waals surface area contributed by atoms with E-state index in [2.05, 4.69) is 45.9 Å². The molecule has 0 bridgehead atoms. The highest BCUT2D eigenvalue weighted by atomic mass is 16.6. The molecule has 0 radical (unpaired) electrons. The first-order chi connectivity index (χ1) is 42.4. The predicted molar refractivity (Wildman–Crippen MR) is 315 cm³/mol. The Hall–Kier alpha value is -9.96. The predicted octanol–water partition coefficient (Wildman–Crippen LogP) is 5.60. The summed E-state index contributed by atoms with van der Waals surface area (Å²) in [5.74, 6) is -2.82. The first kappa shape index (κ1) is 62.6. The molecular weight excluding hydrogens is 1140 g/mol. The number of amides is 3. The van der Waals surface area contributed by atoms with Crippen LogP contribution in [0, 0.1) is 11.8 Å². The lowest BCUT2D eigenvalue weighted by atomic mass is 10.1. The van der Waals surface area contributed by atoms with Gasteiger partial charge < -0.3 is 44.0 Å². The maximum atomic E-state index is 13.3. The summed E-state index contributed by atoms with van der Waals surface area (Å²) in [7, 11) is 0. The summed E-state index contributed by atoms with van der Waals surface area (Å²) in [5, 5.41) is 27.2. The average molecular weight is 1210 g/mol. The van der Waals surface area contributed by atoms with E-state index < -0.39 is 91.1 Å². The minimum absolute atomic E-state index is 0.00390. The van der Waals surface area contributed by atoms with E-state index >= 15 is 0 Å². The molecule has 3 amide bonds. The van der Waals surface area contributed by atoms with E-state index in [1.807, 2.05) is 60.7 Å². The number of aromatic amines is 2. The van der Waals surface area contributed by atoms with Crippen LogP contribution in [-0.2, 0) is 65.6 Å². The number of carbonyl (C=O) groups excluding carboxylic acids is 6. The van der Waals surface area contributed by atoms with Crippen LogP contribution < -0.4 is 27.1 Å². The third kappa shape index (κ3) is 15.7. The minimum atomic E-state index is -1.07. The van der Waals surface area contributed by atoms with Crippen molar-refractivity contribution in [1.82, 2.24) is 44.4 Å². The first-order valence-electron chi connectivity index (χ1n) is 28.3. The summed E-state index contributed by atoms with van der Waals surface area (Å²) in [4.78, 5) is 124. The molecular formula is C61H65N11O16. The number of esters is 3. The highest BCUT2D eigenvalue weighted by Gasteiger charge is 2.42. The summed E-state index contributed by atoms with van der Waals surface area (Å²) in [6, 6.07) is 36.2. The number of benzene rings is 4. The Bertz CT molecular complexity index is 3880. The van der Waals surface area contributed by atoms with Crippen molar-refractivity contribution in [3.8, 4) is 22.8 Å². The number of nitrogens with one attached hydrogen (secondary N) is 5. The number of alkyl carbamates (subject to hydrolysis) is 1. The topological polar surface area (TPSA) is 361 Å². The molecule has 0 saturated carbocycles. The number of aliphatic hydroxyl groups is 2. The first-order valence-corrected chi connectivity index (χ1v) is 28.3. The van der Waals surface area contributed by atoms with Gasteiger partial charge in [0.15, 0.2) is 22.3 Å². The standard InChI is InChI=1S/C41H42N6O11.C20H23N5O5/c1-25(2)38(51)45-40-44-37-35(39(52)46-40)43-36(28-16-10-5-11-17-28)47(37)31-20-29(58-33(49)19-18-32(48)54-22-26-12-6-3-7-13-26)30(57-31)24-56-41(53)42-21-34(50)55-23-27-14-8-4-9-15-27;1-10(2)18(28)23-20-22-17-15(19(29)24-20)21-16(11-6-4-3-5-7-11)25(17)14-8-12(27)13(9-26)30-14/h3-17,25,29-31H,18-24H2,1-2H3,(H,42,53)(H2,44,45,46,51,52);3-7,10,12-14,26-27H,8-9H2,1-2H3,(H2,22,23,24,28,29)/t29-,30-,31-;12-,13-,14-/m11/s1. The van der Waals surface area contributed by atoms with Crippen molar-refractivity contribution < 1.29 is 67.4 Å². The molecule has 4 aromatic heterocycles. The van der Waals surface area contributed by atoms with Gasteiger partial charge in [0, 0.05) is 35.8 Å². The molecule has 460 valence electrons. The Morgan fingerprint density at radius 3 is 1.50 bits per heavy atom. The third-order valence-corrected chi connectivity index (χ3v) is 13.9.